The number of fused-ring (bicyclic) bond motifs is 1. The monoisotopic (exact) mass is 258 g/mol. The summed E-state index contributed by atoms with van der Waals surface area (Å²) in [5, 5.41) is 0. The lowest BCUT2D eigenvalue weighted by atomic mass is 9.92. The van der Waals surface area contributed by atoms with Crippen LogP contribution in [0.2, 0.25) is 0 Å². The SMILES string of the molecule is C#CCN1C(=O)C(CC)(CC)Oc2cc(N)ccc21. The first-order valence-electron chi connectivity index (χ1n) is 6.42. The van der Waals surface area contributed by atoms with E-state index in [0.717, 1.165) is 0 Å². The second-order valence-corrected chi connectivity index (χ2v) is 4.63. The predicted molar refractivity (Wildman–Crippen MR) is 76.0 cm³/mol. The maximum absolute atomic E-state index is 12.6. The van der Waals surface area contributed by atoms with Crippen LogP contribution >= 0.6 is 0 Å². The van der Waals surface area contributed by atoms with E-state index in [1.54, 1.807) is 23.1 Å². The molecule has 0 unspecified atom stereocenters. The smallest absolute Gasteiger partial charge is 0.272 e. The molecule has 0 atom stereocenters. The van der Waals surface area contributed by atoms with E-state index >= 15 is 0 Å². The number of hydrogen-bond acceptors (Lipinski definition) is 3. The highest BCUT2D eigenvalue weighted by Crippen LogP contribution is 2.41. The molecule has 0 aliphatic carbocycles. The van der Waals surface area contributed by atoms with Crippen LogP contribution in [0.15, 0.2) is 18.2 Å². The van der Waals surface area contributed by atoms with Crippen LogP contribution in [0.4, 0.5) is 11.4 Å². The quantitative estimate of drug-likeness (QED) is 0.668. The van der Waals surface area contributed by atoms with Gasteiger partial charge < -0.3 is 10.5 Å². The molecule has 4 nitrogen and oxygen atoms in total. The van der Waals surface area contributed by atoms with Crippen LogP contribution in [0.5, 0.6) is 5.75 Å². The lowest BCUT2D eigenvalue weighted by Crippen LogP contribution is -2.55. The summed E-state index contributed by atoms with van der Waals surface area (Å²) in [7, 11) is 0. The van der Waals surface area contributed by atoms with Crippen molar-refractivity contribution in [1.29, 1.82) is 0 Å². The number of hydrogen-bond donors (Lipinski definition) is 1. The Morgan fingerprint density at radius 1 is 1.42 bits per heavy atom. The van der Waals surface area contributed by atoms with Gasteiger partial charge >= 0.3 is 0 Å². The number of amides is 1. The highest BCUT2D eigenvalue weighted by atomic mass is 16.5. The van der Waals surface area contributed by atoms with Gasteiger partial charge in [-0.15, -0.1) is 6.42 Å². The van der Waals surface area contributed by atoms with Gasteiger partial charge in [0, 0.05) is 11.8 Å². The zero-order valence-corrected chi connectivity index (χ0v) is 11.3. The summed E-state index contributed by atoms with van der Waals surface area (Å²) < 4.78 is 5.95. The molecule has 4 heteroatoms. The number of nitrogens with zero attached hydrogens (tertiary/aromatic N) is 1. The van der Waals surface area contributed by atoms with Crippen molar-refractivity contribution in [2.45, 2.75) is 32.3 Å². The normalized spacial score (nSPS) is 16.5. The minimum Gasteiger partial charge on any atom is -0.475 e. The summed E-state index contributed by atoms with van der Waals surface area (Å²) in [5.41, 5.74) is 6.24. The maximum Gasteiger partial charge on any atom is 0.272 e. The Hall–Kier alpha value is -2.15. The Morgan fingerprint density at radius 2 is 2.11 bits per heavy atom. The highest BCUT2D eigenvalue weighted by Gasteiger charge is 2.45. The number of benzene rings is 1. The van der Waals surface area contributed by atoms with Gasteiger partial charge in [0.15, 0.2) is 5.60 Å². The fourth-order valence-corrected chi connectivity index (χ4v) is 2.39. The lowest BCUT2D eigenvalue weighted by Gasteiger charge is -2.41. The number of nitrogens with two attached hydrogens (primary N) is 1. The van der Waals surface area contributed by atoms with Gasteiger partial charge in [0.1, 0.15) is 5.75 Å². The number of rotatable bonds is 3. The van der Waals surface area contributed by atoms with Crippen molar-refractivity contribution < 1.29 is 9.53 Å². The Morgan fingerprint density at radius 3 is 2.68 bits per heavy atom. The minimum atomic E-state index is -0.836. The van der Waals surface area contributed by atoms with Gasteiger partial charge in [0.05, 0.1) is 12.2 Å². The number of anilines is 2. The number of carbonyl (C=O) groups excluding carboxylic acids is 1. The summed E-state index contributed by atoms with van der Waals surface area (Å²) >= 11 is 0. The molecular formula is C15H18N2O2. The standard InChI is InChI=1S/C15H18N2O2/c1-4-9-17-12-8-7-11(16)10-13(12)19-15(5-2,6-3)14(17)18/h1,7-8,10H,5-6,9,16H2,2-3H3. The summed E-state index contributed by atoms with van der Waals surface area (Å²) in [4.78, 5) is 14.2. The van der Waals surface area contributed by atoms with Crippen LogP contribution in [-0.4, -0.2) is 18.1 Å². The summed E-state index contributed by atoms with van der Waals surface area (Å²) in [5.74, 6) is 3.08. The maximum atomic E-state index is 12.6. The molecule has 0 aromatic heterocycles. The van der Waals surface area contributed by atoms with Crippen molar-refractivity contribution in [1.82, 2.24) is 0 Å². The molecule has 0 radical (unpaired) electrons. The molecule has 1 amide bonds. The van der Waals surface area contributed by atoms with E-state index in [2.05, 4.69) is 5.92 Å². The molecule has 0 saturated carbocycles. The Labute approximate surface area is 113 Å². The van der Waals surface area contributed by atoms with Gasteiger partial charge in [0.2, 0.25) is 0 Å². The van der Waals surface area contributed by atoms with Crippen molar-refractivity contribution in [2.75, 3.05) is 17.2 Å². The fraction of sp³-hybridized carbons (Fsp3) is 0.400. The van der Waals surface area contributed by atoms with E-state index < -0.39 is 5.60 Å². The molecule has 0 spiro atoms. The molecule has 1 aliphatic heterocycles. The topological polar surface area (TPSA) is 55.6 Å². The van der Waals surface area contributed by atoms with Crippen LogP contribution in [0.1, 0.15) is 26.7 Å². The third-order valence-electron chi connectivity index (χ3n) is 3.61. The molecule has 0 fully saturated rings. The molecule has 0 saturated heterocycles. The molecular weight excluding hydrogens is 240 g/mol. The molecule has 2 N–H and O–H groups in total. The number of nitrogen functional groups attached to an aromatic ring is 1. The fourth-order valence-electron chi connectivity index (χ4n) is 2.39. The second-order valence-electron chi connectivity index (χ2n) is 4.63. The average Bonchev–Trinajstić information content (AvgIpc) is 2.42. The first kappa shape index (κ1) is 13.3. The molecule has 1 aromatic carbocycles. The van der Waals surface area contributed by atoms with Crippen molar-refractivity contribution in [3.05, 3.63) is 18.2 Å². The van der Waals surface area contributed by atoms with E-state index in [9.17, 15) is 4.79 Å². The average molecular weight is 258 g/mol. The molecule has 2 rings (SSSR count). The molecule has 0 bridgehead atoms. The van der Waals surface area contributed by atoms with Gasteiger partial charge in [-0.05, 0) is 25.0 Å². The van der Waals surface area contributed by atoms with E-state index in [0.29, 0.717) is 30.0 Å². The van der Waals surface area contributed by atoms with Crippen LogP contribution in [0.3, 0.4) is 0 Å². The highest BCUT2D eigenvalue weighted by molar-refractivity contribution is 6.03. The first-order chi connectivity index (χ1) is 9.07. The zero-order chi connectivity index (χ0) is 14.0. The predicted octanol–water partition coefficient (Wildman–Crippen LogP) is 2.19. The Bertz CT molecular complexity index is 542. The van der Waals surface area contributed by atoms with Gasteiger partial charge in [-0.25, -0.2) is 0 Å². The van der Waals surface area contributed by atoms with Crippen molar-refractivity contribution in [3.8, 4) is 18.1 Å². The first-order valence-corrected chi connectivity index (χ1v) is 6.42. The molecule has 1 aliphatic rings. The van der Waals surface area contributed by atoms with Crippen molar-refractivity contribution in [3.63, 3.8) is 0 Å². The zero-order valence-electron chi connectivity index (χ0n) is 11.3. The Kier molecular flexibility index (Phi) is 3.39. The van der Waals surface area contributed by atoms with E-state index in [-0.39, 0.29) is 12.5 Å². The largest absolute Gasteiger partial charge is 0.475 e. The van der Waals surface area contributed by atoms with Crippen LogP contribution in [0, 0.1) is 12.3 Å². The summed E-state index contributed by atoms with van der Waals surface area (Å²) in [6.07, 6.45) is 6.56. The summed E-state index contributed by atoms with van der Waals surface area (Å²) in [6, 6.07) is 5.25. The number of ether oxygens (including phenoxy) is 1. The van der Waals surface area contributed by atoms with Gasteiger partial charge in [0.25, 0.3) is 5.91 Å². The van der Waals surface area contributed by atoms with E-state index in [4.69, 9.17) is 16.9 Å². The number of carbonyl (C=O) groups is 1. The lowest BCUT2D eigenvalue weighted by molar-refractivity contribution is -0.136. The van der Waals surface area contributed by atoms with Gasteiger partial charge in [-0.1, -0.05) is 19.8 Å². The minimum absolute atomic E-state index is 0.0762. The van der Waals surface area contributed by atoms with Gasteiger partial charge in [-0.2, -0.15) is 0 Å². The molecule has 1 aromatic rings. The van der Waals surface area contributed by atoms with E-state index in [1.807, 2.05) is 13.8 Å². The number of terminal acetylenes is 1. The second kappa shape index (κ2) is 4.85. The van der Waals surface area contributed by atoms with E-state index in [1.165, 1.54) is 0 Å². The summed E-state index contributed by atoms with van der Waals surface area (Å²) in [6.45, 7) is 4.11. The molecule has 100 valence electrons. The third-order valence-corrected chi connectivity index (χ3v) is 3.61. The van der Waals surface area contributed by atoms with Crippen LogP contribution in [-0.2, 0) is 4.79 Å². The van der Waals surface area contributed by atoms with Crippen molar-refractivity contribution >= 4 is 17.3 Å². The molecule has 1 heterocycles. The van der Waals surface area contributed by atoms with Crippen LogP contribution < -0.4 is 15.4 Å². The van der Waals surface area contributed by atoms with Crippen molar-refractivity contribution in [2.24, 2.45) is 0 Å². The third kappa shape index (κ3) is 2.01. The molecule has 19 heavy (non-hydrogen) atoms. The van der Waals surface area contributed by atoms with Gasteiger partial charge in [-0.3, -0.25) is 9.69 Å². The van der Waals surface area contributed by atoms with Crippen LogP contribution in [0.25, 0.3) is 0 Å². The Balaban J connectivity index is 2.56.